The summed E-state index contributed by atoms with van der Waals surface area (Å²) in [5.74, 6) is -8.31. The maximum absolute atomic E-state index is 14.6. The van der Waals surface area contributed by atoms with Gasteiger partial charge >= 0.3 is 13.6 Å². The minimum Gasteiger partial charge on any atom is -0.460 e. The number of aliphatic hydroxyl groups excluding tert-OH is 1. The Morgan fingerprint density at radius 1 is 0.878 bits per heavy atom. The summed E-state index contributed by atoms with van der Waals surface area (Å²) in [7, 11) is 1.08. The normalized spacial score (nSPS) is 35.6. The Hall–Kier alpha value is -3.22. The summed E-state index contributed by atoms with van der Waals surface area (Å²) in [6.07, 6.45) is 10.7. The number of rotatable bonds is 13. The highest BCUT2D eigenvalue weighted by atomic mass is 31.2. The molecule has 16 atom stereocenters. The number of carbonyl (C=O) groups excluding carboxylic acids is 5. The quantitative estimate of drug-likeness (QED) is 0.0770. The number of fused-ring (bicyclic) bond motifs is 3. The van der Waals surface area contributed by atoms with E-state index in [1.54, 1.807) is 41.1 Å². The van der Waals surface area contributed by atoms with Crippen molar-refractivity contribution in [3.05, 3.63) is 47.6 Å². The van der Waals surface area contributed by atoms with Gasteiger partial charge in [0.2, 0.25) is 5.79 Å². The molecular weight excluding hydrogens is 974 g/mol. The number of nitrogens with zero attached hydrogens (tertiary/aromatic N) is 1. The fourth-order valence-corrected chi connectivity index (χ4v) is 12.1. The molecule has 0 aromatic carbocycles. The molecule has 3 aliphatic heterocycles. The number of allylic oxidation sites excluding steroid dienone is 6. The van der Waals surface area contributed by atoms with Gasteiger partial charge in [0.25, 0.3) is 11.7 Å². The highest BCUT2D eigenvalue weighted by Gasteiger charge is 2.53. The molecule has 0 aromatic rings. The molecule has 17 nitrogen and oxygen atoms in total. The molecule has 3 unspecified atom stereocenters. The topological polar surface area (TPSA) is 220 Å². The Kier molecular flexibility index (Phi) is 25.7. The predicted octanol–water partition coefficient (Wildman–Crippen LogP) is 8.08. The Balaban J connectivity index is 1.68. The van der Waals surface area contributed by atoms with Crippen LogP contribution in [0.5, 0.6) is 0 Å². The average Bonchev–Trinajstić information content (AvgIpc) is 3.36. The van der Waals surface area contributed by atoms with E-state index in [9.17, 15) is 38.8 Å². The van der Waals surface area contributed by atoms with E-state index in [1.165, 1.54) is 18.7 Å². The second-order valence-corrected chi connectivity index (χ2v) is 23.5. The molecule has 2 bridgehead atoms. The second-order valence-electron chi connectivity index (χ2n) is 21.5. The van der Waals surface area contributed by atoms with Crippen molar-refractivity contribution in [3.8, 4) is 0 Å². The van der Waals surface area contributed by atoms with Gasteiger partial charge in [0.15, 0.2) is 11.6 Å². The standard InChI is InChI=1S/C56H90NO16P/c1-13-69-27-28-70-74(12,65)73-46-25-23-42(32-49(46)67-10)31-38(5)48-34-45(58)37(4)30-40(7)51(60)52(68-11)50(59)39(6)29-35(2)19-15-14-16-20-36(3)47(66-9)33-43-24-22-41(8)56(64,72-43)53(61)54(62)57-26-18-17-21-44(57)55(63)71-48/h14-16,19-20,30,35,38-44,46-49,51-52,60,64H,13,17-18,21-29,31-34H2,1-12H3/t35-,38-,39-,40?,41-,42+,43+,44+,46-,47+,48?,49-,51-,52+,56-,74?/m1/s1. The maximum atomic E-state index is 14.6. The lowest BCUT2D eigenvalue weighted by Crippen LogP contribution is -2.61. The lowest BCUT2D eigenvalue weighted by Gasteiger charge is -2.42. The first-order valence-electron chi connectivity index (χ1n) is 27.0. The van der Waals surface area contributed by atoms with Gasteiger partial charge in [-0.1, -0.05) is 71.1 Å². The van der Waals surface area contributed by atoms with Gasteiger partial charge in [-0.25, -0.2) is 4.79 Å². The lowest BCUT2D eigenvalue weighted by molar-refractivity contribution is -0.265. The molecular formula is C56H90NO16P. The van der Waals surface area contributed by atoms with Crippen LogP contribution in [0.4, 0.5) is 0 Å². The zero-order chi connectivity index (χ0) is 54.9. The van der Waals surface area contributed by atoms with Crippen LogP contribution < -0.4 is 0 Å². The third-order valence-electron chi connectivity index (χ3n) is 15.5. The van der Waals surface area contributed by atoms with Crippen molar-refractivity contribution in [2.24, 2.45) is 35.5 Å². The maximum Gasteiger partial charge on any atom is 0.329 e. The van der Waals surface area contributed by atoms with E-state index < -0.39 is 103 Å². The van der Waals surface area contributed by atoms with Gasteiger partial charge in [0, 0.05) is 71.7 Å². The van der Waals surface area contributed by atoms with E-state index in [4.69, 9.17) is 37.5 Å². The van der Waals surface area contributed by atoms with Crippen LogP contribution in [-0.4, -0.2) is 153 Å². The molecule has 0 radical (unpaired) electrons. The number of piperidine rings is 1. The minimum atomic E-state index is -3.44. The number of cyclic esters (lactones) is 1. The molecule has 2 saturated heterocycles. The number of ketones is 3. The zero-order valence-electron chi connectivity index (χ0n) is 46.4. The van der Waals surface area contributed by atoms with Gasteiger partial charge in [0.1, 0.15) is 18.2 Å². The van der Waals surface area contributed by atoms with Crippen LogP contribution in [0.25, 0.3) is 0 Å². The van der Waals surface area contributed by atoms with E-state index in [1.807, 2.05) is 65.0 Å². The number of hydrogen-bond donors (Lipinski definition) is 2. The molecule has 1 saturated carbocycles. The number of hydrogen-bond acceptors (Lipinski definition) is 16. The van der Waals surface area contributed by atoms with Crippen molar-refractivity contribution in [2.45, 2.75) is 187 Å². The van der Waals surface area contributed by atoms with Crippen molar-refractivity contribution in [1.29, 1.82) is 0 Å². The molecule has 4 rings (SSSR count). The summed E-state index contributed by atoms with van der Waals surface area (Å²) in [5.41, 5.74) is 1.16. The number of esters is 1. The molecule has 0 aromatic heterocycles. The summed E-state index contributed by atoms with van der Waals surface area (Å²) in [6, 6.07) is -1.18. The number of amides is 1. The Labute approximate surface area is 441 Å². The molecule has 1 amide bonds. The van der Waals surface area contributed by atoms with E-state index in [0.717, 1.165) is 5.57 Å². The average molecular weight is 1060 g/mol. The van der Waals surface area contributed by atoms with E-state index in [2.05, 4.69) is 0 Å². The van der Waals surface area contributed by atoms with E-state index >= 15 is 0 Å². The zero-order valence-corrected chi connectivity index (χ0v) is 47.3. The highest BCUT2D eigenvalue weighted by Crippen LogP contribution is 2.48. The van der Waals surface area contributed by atoms with Gasteiger partial charge in [0.05, 0.1) is 43.7 Å². The third kappa shape index (κ3) is 17.9. The van der Waals surface area contributed by atoms with Crippen LogP contribution >= 0.6 is 7.60 Å². The predicted molar refractivity (Wildman–Crippen MR) is 280 cm³/mol. The van der Waals surface area contributed by atoms with Gasteiger partial charge in [-0.15, -0.1) is 0 Å². The Morgan fingerprint density at radius 2 is 1.61 bits per heavy atom. The van der Waals surface area contributed by atoms with Crippen LogP contribution in [0.15, 0.2) is 47.6 Å². The van der Waals surface area contributed by atoms with Gasteiger partial charge in [-0.2, -0.15) is 0 Å². The van der Waals surface area contributed by atoms with Crippen LogP contribution in [0, 0.1) is 35.5 Å². The van der Waals surface area contributed by atoms with Crippen molar-refractivity contribution in [1.82, 2.24) is 4.90 Å². The molecule has 4 aliphatic rings. The van der Waals surface area contributed by atoms with Crippen molar-refractivity contribution < 1.29 is 76.2 Å². The van der Waals surface area contributed by atoms with Crippen molar-refractivity contribution in [2.75, 3.05) is 54.4 Å². The first kappa shape index (κ1) is 63.3. The molecule has 3 fully saturated rings. The number of aliphatic hydroxyl groups is 2. The van der Waals surface area contributed by atoms with Gasteiger partial charge in [-0.3, -0.25) is 23.7 Å². The first-order valence-corrected chi connectivity index (χ1v) is 29.0. The third-order valence-corrected chi connectivity index (χ3v) is 16.9. The van der Waals surface area contributed by atoms with Crippen LogP contribution in [0.3, 0.4) is 0 Å². The van der Waals surface area contributed by atoms with Gasteiger partial charge < -0.3 is 52.6 Å². The van der Waals surface area contributed by atoms with Crippen molar-refractivity contribution >= 4 is 36.8 Å². The SMILES string of the molecule is CCOCCOP(C)(=O)O[C@@H]1CC[C@@H](C[C@@H](C)C2CC(=O)C(C)=CC(C)[C@@H](O)[C@@H](OC)C(=O)[C@H](C)C[C@H](C)C=CC=CC=C(C)[C@@H](OC)C[C@@H]3CC[C@@H](C)[C@@](O)(O3)C(=O)C(=O)N3CCCC[C@H]3C(=O)O2)C[C@H]1OC. The van der Waals surface area contributed by atoms with Gasteiger partial charge in [-0.05, 0) is 114 Å². The highest BCUT2D eigenvalue weighted by molar-refractivity contribution is 7.53. The van der Waals surface area contributed by atoms with E-state index in [-0.39, 0.29) is 61.6 Å². The first-order chi connectivity index (χ1) is 35.0. The Bertz CT molecular complexity index is 2040. The Morgan fingerprint density at radius 3 is 2.28 bits per heavy atom. The number of ether oxygens (including phenoxy) is 6. The molecule has 3 heterocycles. The molecule has 420 valence electrons. The molecule has 0 spiro atoms. The molecule has 1 aliphatic carbocycles. The fourth-order valence-electron chi connectivity index (χ4n) is 10.9. The number of Topliss-reactive ketones (excluding diaryl/α,β-unsaturated/α-hetero) is 3. The number of methoxy groups -OCH3 is 3. The van der Waals surface area contributed by atoms with Crippen LogP contribution in [-0.2, 0) is 66.0 Å². The van der Waals surface area contributed by atoms with Crippen LogP contribution in [0.1, 0.15) is 132 Å². The fraction of sp³-hybridized carbons (Fsp3) is 0.768. The monoisotopic (exact) mass is 1060 g/mol. The van der Waals surface area contributed by atoms with Crippen molar-refractivity contribution in [3.63, 3.8) is 0 Å². The summed E-state index contributed by atoms with van der Waals surface area (Å²) in [4.78, 5) is 72.5. The summed E-state index contributed by atoms with van der Waals surface area (Å²) in [5, 5.41) is 23.6. The summed E-state index contributed by atoms with van der Waals surface area (Å²) in [6.45, 7) is 16.9. The smallest absolute Gasteiger partial charge is 0.329 e. The second kappa shape index (κ2) is 30.1. The molecule has 18 heteroatoms. The summed E-state index contributed by atoms with van der Waals surface area (Å²) >= 11 is 0. The molecule has 2 N–H and O–H groups in total. The largest absolute Gasteiger partial charge is 0.460 e. The van der Waals surface area contributed by atoms with E-state index in [0.29, 0.717) is 70.8 Å². The summed E-state index contributed by atoms with van der Waals surface area (Å²) < 4.78 is 60.0. The molecule has 74 heavy (non-hydrogen) atoms. The number of carbonyl (C=O) groups is 5. The minimum absolute atomic E-state index is 0.00529. The van der Waals surface area contributed by atoms with Crippen LogP contribution in [0.2, 0.25) is 0 Å². The lowest BCUT2D eigenvalue weighted by atomic mass is 9.78.